The van der Waals surface area contributed by atoms with Gasteiger partial charge in [-0.1, -0.05) is 39.8 Å². The molecular formula is C14H22FN. The molecule has 0 radical (unpaired) electrons. The minimum atomic E-state index is -0.172. The van der Waals surface area contributed by atoms with Gasteiger partial charge in [0.05, 0.1) is 0 Å². The van der Waals surface area contributed by atoms with Gasteiger partial charge in [-0.3, -0.25) is 0 Å². The molecule has 0 aromatic heterocycles. The molecule has 90 valence electrons. The van der Waals surface area contributed by atoms with Crippen molar-refractivity contribution in [3.05, 3.63) is 35.6 Å². The van der Waals surface area contributed by atoms with Gasteiger partial charge in [-0.2, -0.15) is 0 Å². The van der Waals surface area contributed by atoms with Crippen molar-refractivity contribution < 1.29 is 4.39 Å². The van der Waals surface area contributed by atoms with E-state index in [-0.39, 0.29) is 11.2 Å². The van der Waals surface area contributed by atoms with Crippen LogP contribution in [0.25, 0.3) is 0 Å². The molecule has 16 heavy (non-hydrogen) atoms. The van der Waals surface area contributed by atoms with E-state index >= 15 is 0 Å². The highest BCUT2D eigenvalue weighted by molar-refractivity contribution is 5.20. The van der Waals surface area contributed by atoms with E-state index in [0.29, 0.717) is 6.04 Å². The Morgan fingerprint density at radius 1 is 1.19 bits per heavy atom. The van der Waals surface area contributed by atoms with Crippen LogP contribution in [0.4, 0.5) is 4.39 Å². The third kappa shape index (κ3) is 4.31. The van der Waals surface area contributed by atoms with E-state index in [1.807, 2.05) is 12.1 Å². The molecule has 0 aliphatic heterocycles. The lowest BCUT2D eigenvalue weighted by molar-refractivity contribution is 0.314. The minimum absolute atomic E-state index is 0.172. The van der Waals surface area contributed by atoms with Crippen LogP contribution in [0.1, 0.15) is 45.7 Å². The fraction of sp³-hybridized carbons (Fsp3) is 0.571. The van der Waals surface area contributed by atoms with Crippen LogP contribution in [-0.4, -0.2) is 6.54 Å². The van der Waals surface area contributed by atoms with Crippen LogP contribution in [-0.2, 0) is 0 Å². The zero-order valence-corrected chi connectivity index (χ0v) is 10.7. The summed E-state index contributed by atoms with van der Waals surface area (Å²) in [6, 6.07) is 7.11. The van der Waals surface area contributed by atoms with Crippen molar-refractivity contribution in [1.29, 1.82) is 0 Å². The maximum Gasteiger partial charge on any atom is 0.123 e. The summed E-state index contributed by atoms with van der Waals surface area (Å²) in [6.45, 7) is 9.69. The lowest BCUT2D eigenvalue weighted by Crippen LogP contribution is -2.25. The lowest BCUT2D eigenvalue weighted by atomic mass is 9.85. The Morgan fingerprint density at radius 3 is 2.19 bits per heavy atom. The summed E-state index contributed by atoms with van der Waals surface area (Å²) in [4.78, 5) is 0. The van der Waals surface area contributed by atoms with E-state index in [1.54, 1.807) is 0 Å². The van der Waals surface area contributed by atoms with Gasteiger partial charge >= 0.3 is 0 Å². The molecule has 0 bridgehead atoms. The predicted octanol–water partition coefficient (Wildman–Crippen LogP) is 3.91. The summed E-state index contributed by atoms with van der Waals surface area (Å²) in [5, 5.41) is 3.45. The smallest absolute Gasteiger partial charge is 0.123 e. The van der Waals surface area contributed by atoms with Gasteiger partial charge in [-0.05, 0) is 36.1 Å². The number of benzene rings is 1. The number of nitrogens with one attached hydrogen (secondary N) is 1. The SMILES string of the molecule is CCNC(CC(C)(C)C)c1ccc(F)cc1. The predicted molar refractivity (Wildman–Crippen MR) is 66.9 cm³/mol. The molecule has 0 spiro atoms. The molecule has 1 aromatic rings. The molecule has 0 heterocycles. The summed E-state index contributed by atoms with van der Waals surface area (Å²) in [5.41, 5.74) is 1.43. The van der Waals surface area contributed by atoms with Crippen molar-refractivity contribution in [3.8, 4) is 0 Å². The Hall–Kier alpha value is -0.890. The molecule has 1 nitrogen and oxygen atoms in total. The maximum atomic E-state index is 12.9. The van der Waals surface area contributed by atoms with Crippen LogP contribution in [0.2, 0.25) is 0 Å². The van der Waals surface area contributed by atoms with E-state index in [0.717, 1.165) is 18.5 Å². The molecule has 2 heteroatoms. The van der Waals surface area contributed by atoms with E-state index in [2.05, 4.69) is 33.0 Å². The highest BCUT2D eigenvalue weighted by Gasteiger charge is 2.19. The van der Waals surface area contributed by atoms with E-state index in [1.165, 1.54) is 12.1 Å². The first-order chi connectivity index (χ1) is 7.42. The Kier molecular flexibility index (Phi) is 4.48. The first kappa shape index (κ1) is 13.2. The topological polar surface area (TPSA) is 12.0 Å². The van der Waals surface area contributed by atoms with Crippen LogP contribution in [0.5, 0.6) is 0 Å². The summed E-state index contributed by atoms with van der Waals surface area (Å²) in [5.74, 6) is -0.172. The Labute approximate surface area is 98.1 Å². The Balaban J connectivity index is 2.80. The van der Waals surface area contributed by atoms with Crippen molar-refractivity contribution >= 4 is 0 Å². The normalized spacial score (nSPS) is 13.8. The zero-order valence-electron chi connectivity index (χ0n) is 10.7. The van der Waals surface area contributed by atoms with Gasteiger partial charge in [0.25, 0.3) is 0 Å². The summed E-state index contributed by atoms with van der Waals surface area (Å²) < 4.78 is 12.9. The van der Waals surface area contributed by atoms with Crippen LogP contribution in [0, 0.1) is 11.2 Å². The third-order valence-corrected chi connectivity index (χ3v) is 2.54. The Morgan fingerprint density at radius 2 is 1.75 bits per heavy atom. The summed E-state index contributed by atoms with van der Waals surface area (Å²) in [6.07, 6.45) is 1.05. The fourth-order valence-corrected chi connectivity index (χ4v) is 1.86. The first-order valence-electron chi connectivity index (χ1n) is 5.91. The fourth-order valence-electron chi connectivity index (χ4n) is 1.86. The molecule has 1 N–H and O–H groups in total. The number of hydrogen-bond acceptors (Lipinski definition) is 1. The maximum absolute atomic E-state index is 12.9. The molecule has 1 atom stereocenters. The van der Waals surface area contributed by atoms with Gasteiger partial charge in [0.2, 0.25) is 0 Å². The average molecular weight is 223 g/mol. The molecule has 1 rings (SSSR count). The second kappa shape index (κ2) is 5.44. The first-order valence-corrected chi connectivity index (χ1v) is 5.91. The highest BCUT2D eigenvalue weighted by Crippen LogP contribution is 2.29. The second-order valence-corrected chi connectivity index (χ2v) is 5.43. The molecule has 0 saturated heterocycles. The van der Waals surface area contributed by atoms with Gasteiger partial charge in [0, 0.05) is 6.04 Å². The number of halogens is 1. The van der Waals surface area contributed by atoms with Crippen molar-refractivity contribution in [2.75, 3.05) is 6.54 Å². The van der Waals surface area contributed by atoms with E-state index < -0.39 is 0 Å². The van der Waals surface area contributed by atoms with Crippen molar-refractivity contribution in [2.24, 2.45) is 5.41 Å². The molecule has 1 unspecified atom stereocenters. The molecule has 0 aliphatic rings. The zero-order chi connectivity index (χ0) is 12.2. The Bertz CT molecular complexity index is 311. The molecular weight excluding hydrogens is 201 g/mol. The van der Waals surface area contributed by atoms with Crippen LogP contribution >= 0.6 is 0 Å². The minimum Gasteiger partial charge on any atom is -0.310 e. The van der Waals surface area contributed by atoms with Gasteiger partial charge in [-0.25, -0.2) is 4.39 Å². The molecule has 0 amide bonds. The standard InChI is InChI=1S/C14H22FN/c1-5-16-13(10-14(2,3)4)11-6-8-12(15)9-7-11/h6-9,13,16H,5,10H2,1-4H3. The third-order valence-electron chi connectivity index (χ3n) is 2.54. The van der Waals surface area contributed by atoms with Gasteiger partial charge < -0.3 is 5.32 Å². The van der Waals surface area contributed by atoms with Crippen molar-refractivity contribution in [1.82, 2.24) is 5.32 Å². The largest absolute Gasteiger partial charge is 0.310 e. The molecule has 0 saturated carbocycles. The van der Waals surface area contributed by atoms with Crippen LogP contribution < -0.4 is 5.32 Å². The van der Waals surface area contributed by atoms with Gasteiger partial charge in [0.1, 0.15) is 5.82 Å². The summed E-state index contributed by atoms with van der Waals surface area (Å²) in [7, 11) is 0. The van der Waals surface area contributed by atoms with Crippen LogP contribution in [0.3, 0.4) is 0 Å². The molecule has 1 aromatic carbocycles. The lowest BCUT2D eigenvalue weighted by Gasteiger charge is -2.27. The second-order valence-electron chi connectivity index (χ2n) is 5.43. The number of rotatable bonds is 4. The monoisotopic (exact) mass is 223 g/mol. The van der Waals surface area contributed by atoms with Crippen molar-refractivity contribution in [2.45, 2.75) is 40.2 Å². The number of hydrogen-bond donors (Lipinski definition) is 1. The van der Waals surface area contributed by atoms with Crippen LogP contribution in [0.15, 0.2) is 24.3 Å². The van der Waals surface area contributed by atoms with Crippen molar-refractivity contribution in [3.63, 3.8) is 0 Å². The van der Waals surface area contributed by atoms with E-state index in [9.17, 15) is 4.39 Å². The molecule has 0 fully saturated rings. The quantitative estimate of drug-likeness (QED) is 0.816. The average Bonchev–Trinajstić information content (AvgIpc) is 2.16. The summed E-state index contributed by atoms with van der Waals surface area (Å²) >= 11 is 0. The highest BCUT2D eigenvalue weighted by atomic mass is 19.1. The van der Waals surface area contributed by atoms with Gasteiger partial charge in [-0.15, -0.1) is 0 Å². The molecule has 0 aliphatic carbocycles. The van der Waals surface area contributed by atoms with Gasteiger partial charge in [0.15, 0.2) is 0 Å². The van der Waals surface area contributed by atoms with E-state index in [4.69, 9.17) is 0 Å².